The third-order valence-corrected chi connectivity index (χ3v) is 4.41. The SMILES string of the molecule is CN1CCN=C1NCc1ccc(S(C)(=O)=O)c(C(F)(F)F)c1. The van der Waals surface area contributed by atoms with E-state index in [1.165, 1.54) is 6.07 Å². The first-order chi connectivity index (χ1) is 10.1. The van der Waals surface area contributed by atoms with Crippen molar-refractivity contribution in [3.05, 3.63) is 29.3 Å². The molecule has 0 fully saturated rings. The Bertz CT molecular complexity index is 699. The van der Waals surface area contributed by atoms with Crippen molar-refractivity contribution in [1.29, 1.82) is 0 Å². The Morgan fingerprint density at radius 2 is 2.05 bits per heavy atom. The summed E-state index contributed by atoms with van der Waals surface area (Å²) in [6.45, 7) is 1.53. The smallest absolute Gasteiger partial charge is 0.352 e. The van der Waals surface area contributed by atoms with Crippen LogP contribution in [0.4, 0.5) is 13.2 Å². The Balaban J connectivity index is 2.28. The van der Waals surface area contributed by atoms with Crippen LogP contribution >= 0.6 is 0 Å². The summed E-state index contributed by atoms with van der Waals surface area (Å²) < 4.78 is 62.1. The molecule has 1 heterocycles. The minimum Gasteiger partial charge on any atom is -0.352 e. The summed E-state index contributed by atoms with van der Waals surface area (Å²) in [6.07, 6.45) is -3.96. The predicted molar refractivity (Wildman–Crippen MR) is 76.3 cm³/mol. The molecule has 1 aromatic rings. The minimum absolute atomic E-state index is 0.135. The van der Waals surface area contributed by atoms with Crippen molar-refractivity contribution in [2.45, 2.75) is 17.6 Å². The van der Waals surface area contributed by atoms with Gasteiger partial charge in [-0.25, -0.2) is 8.42 Å². The molecule has 5 nitrogen and oxygen atoms in total. The highest BCUT2D eigenvalue weighted by Gasteiger charge is 2.36. The number of guanidine groups is 1. The lowest BCUT2D eigenvalue weighted by Crippen LogP contribution is -2.35. The molecule has 1 N–H and O–H groups in total. The highest BCUT2D eigenvalue weighted by molar-refractivity contribution is 7.90. The van der Waals surface area contributed by atoms with Crippen molar-refractivity contribution in [2.24, 2.45) is 4.99 Å². The largest absolute Gasteiger partial charge is 0.417 e. The molecule has 0 aromatic heterocycles. The molecule has 0 saturated carbocycles. The molecule has 0 unspecified atom stereocenters. The van der Waals surface area contributed by atoms with E-state index in [-0.39, 0.29) is 6.54 Å². The van der Waals surface area contributed by atoms with E-state index >= 15 is 0 Å². The summed E-state index contributed by atoms with van der Waals surface area (Å²) in [5.41, 5.74) is -0.807. The fourth-order valence-electron chi connectivity index (χ4n) is 2.14. The van der Waals surface area contributed by atoms with E-state index in [0.29, 0.717) is 18.1 Å². The van der Waals surface area contributed by atoms with E-state index in [4.69, 9.17) is 0 Å². The lowest BCUT2D eigenvalue weighted by Gasteiger charge is -2.17. The van der Waals surface area contributed by atoms with E-state index in [2.05, 4.69) is 10.3 Å². The zero-order chi connectivity index (χ0) is 16.5. The standard InChI is InChI=1S/C13H16F3N3O2S/c1-19-6-5-17-12(19)18-8-9-3-4-11(22(2,20)21)10(7-9)13(14,15)16/h3-4,7H,5-6,8H2,1-2H3,(H,17,18). The van der Waals surface area contributed by atoms with Gasteiger partial charge in [0.2, 0.25) is 0 Å². The van der Waals surface area contributed by atoms with Crippen molar-refractivity contribution < 1.29 is 21.6 Å². The summed E-state index contributed by atoms with van der Waals surface area (Å²) in [5, 5.41) is 2.94. The molecule has 0 atom stereocenters. The summed E-state index contributed by atoms with van der Waals surface area (Å²) in [4.78, 5) is 5.32. The molecule has 0 radical (unpaired) electrons. The predicted octanol–water partition coefficient (Wildman–Crippen LogP) is 1.50. The third kappa shape index (κ3) is 3.70. The minimum atomic E-state index is -4.73. The first-order valence-corrected chi connectivity index (χ1v) is 8.38. The maximum Gasteiger partial charge on any atom is 0.417 e. The van der Waals surface area contributed by atoms with Crippen LogP contribution in [-0.4, -0.2) is 45.7 Å². The Morgan fingerprint density at radius 1 is 1.36 bits per heavy atom. The van der Waals surface area contributed by atoms with E-state index in [0.717, 1.165) is 24.9 Å². The van der Waals surface area contributed by atoms with Crippen LogP contribution in [0.1, 0.15) is 11.1 Å². The molecular weight excluding hydrogens is 319 g/mol. The Kier molecular flexibility index (Phi) is 4.37. The molecule has 9 heteroatoms. The lowest BCUT2D eigenvalue weighted by atomic mass is 10.1. The molecule has 1 aliphatic rings. The number of aliphatic imine (C=N–C) groups is 1. The molecule has 0 bridgehead atoms. The molecule has 1 aromatic carbocycles. The van der Waals surface area contributed by atoms with Crippen LogP contribution in [0.15, 0.2) is 28.1 Å². The van der Waals surface area contributed by atoms with Gasteiger partial charge in [-0.2, -0.15) is 13.2 Å². The van der Waals surface area contributed by atoms with Gasteiger partial charge in [0.15, 0.2) is 15.8 Å². The molecular formula is C13H16F3N3O2S. The van der Waals surface area contributed by atoms with Crippen molar-refractivity contribution in [3.8, 4) is 0 Å². The number of hydrogen-bond acceptors (Lipinski definition) is 5. The van der Waals surface area contributed by atoms with Crippen molar-refractivity contribution in [1.82, 2.24) is 10.2 Å². The number of halogens is 3. The van der Waals surface area contributed by atoms with Crippen molar-refractivity contribution in [2.75, 3.05) is 26.4 Å². The van der Waals surface area contributed by atoms with Crippen LogP contribution < -0.4 is 5.32 Å². The number of nitrogens with one attached hydrogen (secondary N) is 1. The second kappa shape index (κ2) is 5.79. The lowest BCUT2D eigenvalue weighted by molar-refractivity contribution is -0.139. The van der Waals surface area contributed by atoms with E-state index < -0.39 is 26.5 Å². The average Bonchev–Trinajstić information content (AvgIpc) is 2.79. The van der Waals surface area contributed by atoms with Gasteiger partial charge in [-0.15, -0.1) is 0 Å². The summed E-state index contributed by atoms with van der Waals surface area (Å²) in [6, 6.07) is 3.22. The Hall–Kier alpha value is -1.77. The van der Waals surface area contributed by atoms with E-state index in [1.807, 2.05) is 11.9 Å². The number of sulfone groups is 1. The molecule has 22 heavy (non-hydrogen) atoms. The normalized spacial score (nSPS) is 15.9. The summed E-state index contributed by atoms with van der Waals surface area (Å²) >= 11 is 0. The van der Waals surface area contributed by atoms with Gasteiger partial charge in [0, 0.05) is 26.4 Å². The van der Waals surface area contributed by atoms with Crippen LogP contribution in [-0.2, 0) is 22.6 Å². The number of alkyl halides is 3. The van der Waals surface area contributed by atoms with Gasteiger partial charge in [0.25, 0.3) is 0 Å². The average molecular weight is 335 g/mol. The number of hydrogen-bond donors (Lipinski definition) is 1. The first kappa shape index (κ1) is 16.6. The van der Waals surface area contributed by atoms with Crippen molar-refractivity contribution >= 4 is 15.8 Å². The topological polar surface area (TPSA) is 61.8 Å². The highest BCUT2D eigenvalue weighted by Crippen LogP contribution is 2.34. The number of benzene rings is 1. The summed E-state index contributed by atoms with van der Waals surface area (Å²) in [5.74, 6) is 0.612. The molecule has 122 valence electrons. The number of nitrogens with zero attached hydrogens (tertiary/aromatic N) is 2. The first-order valence-electron chi connectivity index (χ1n) is 6.48. The summed E-state index contributed by atoms with van der Waals surface area (Å²) in [7, 11) is -2.12. The zero-order valence-electron chi connectivity index (χ0n) is 12.1. The van der Waals surface area contributed by atoms with Crippen LogP contribution in [0.25, 0.3) is 0 Å². The van der Waals surface area contributed by atoms with E-state index in [9.17, 15) is 21.6 Å². The monoisotopic (exact) mass is 335 g/mol. The molecule has 0 amide bonds. The quantitative estimate of drug-likeness (QED) is 0.909. The second-order valence-electron chi connectivity index (χ2n) is 5.08. The van der Waals surface area contributed by atoms with Crippen molar-refractivity contribution in [3.63, 3.8) is 0 Å². The van der Waals surface area contributed by atoms with Gasteiger partial charge in [-0.3, -0.25) is 4.99 Å². The maximum absolute atomic E-state index is 13.0. The number of likely N-dealkylation sites (N-methyl/N-ethyl adjacent to an activating group) is 1. The molecule has 2 rings (SSSR count). The zero-order valence-corrected chi connectivity index (χ0v) is 12.9. The third-order valence-electron chi connectivity index (χ3n) is 3.26. The molecule has 0 saturated heterocycles. The van der Waals surface area contributed by atoms with Crippen LogP contribution in [0.2, 0.25) is 0 Å². The van der Waals surface area contributed by atoms with Gasteiger partial charge in [-0.1, -0.05) is 6.07 Å². The highest BCUT2D eigenvalue weighted by atomic mass is 32.2. The number of rotatable bonds is 3. The van der Waals surface area contributed by atoms with Gasteiger partial charge in [0.05, 0.1) is 17.0 Å². The fraction of sp³-hybridized carbons (Fsp3) is 0.462. The molecule has 0 aliphatic carbocycles. The van der Waals surface area contributed by atoms with Gasteiger partial charge in [0.1, 0.15) is 0 Å². The fourth-order valence-corrected chi connectivity index (χ4v) is 3.03. The molecule has 1 aliphatic heterocycles. The Labute approximate surface area is 126 Å². The second-order valence-corrected chi connectivity index (χ2v) is 7.07. The van der Waals surface area contributed by atoms with Gasteiger partial charge in [-0.05, 0) is 17.7 Å². The molecule has 0 spiro atoms. The van der Waals surface area contributed by atoms with Gasteiger partial charge >= 0.3 is 6.18 Å². The van der Waals surface area contributed by atoms with Gasteiger partial charge < -0.3 is 10.2 Å². The van der Waals surface area contributed by atoms with Crippen LogP contribution in [0.3, 0.4) is 0 Å². The van der Waals surface area contributed by atoms with Crippen LogP contribution in [0.5, 0.6) is 0 Å². The maximum atomic E-state index is 13.0. The van der Waals surface area contributed by atoms with Crippen LogP contribution in [0, 0.1) is 0 Å². The Morgan fingerprint density at radius 3 is 2.55 bits per heavy atom. The van der Waals surface area contributed by atoms with E-state index in [1.54, 1.807) is 0 Å².